The lowest BCUT2D eigenvalue weighted by molar-refractivity contribution is -0.119. The summed E-state index contributed by atoms with van der Waals surface area (Å²) < 4.78 is 2.07. The van der Waals surface area contributed by atoms with Gasteiger partial charge in [0.2, 0.25) is 5.91 Å². The van der Waals surface area contributed by atoms with Gasteiger partial charge in [0, 0.05) is 6.04 Å². The highest BCUT2D eigenvalue weighted by molar-refractivity contribution is 7.99. The Morgan fingerprint density at radius 3 is 2.84 bits per heavy atom. The summed E-state index contributed by atoms with van der Waals surface area (Å²) in [5.41, 5.74) is 4.25. The second-order valence-corrected chi connectivity index (χ2v) is 7.81. The van der Waals surface area contributed by atoms with Crippen LogP contribution in [-0.2, 0) is 4.79 Å². The molecule has 3 aromatic rings. The topological polar surface area (TPSA) is 59.3 Å². The van der Waals surface area contributed by atoms with Gasteiger partial charge in [-0.2, -0.15) is 0 Å². The molecule has 6 heteroatoms. The fourth-order valence-electron chi connectivity index (χ4n) is 3.60. The van der Waals surface area contributed by atoms with Crippen molar-refractivity contribution in [3.8, 4) is 0 Å². The minimum atomic E-state index is 0.0847. The summed E-state index contributed by atoms with van der Waals surface area (Å²) in [4.78, 5) is 12.2. The van der Waals surface area contributed by atoms with Gasteiger partial charge in [0.25, 0.3) is 0 Å². The minimum absolute atomic E-state index is 0.0847. The van der Waals surface area contributed by atoms with Crippen molar-refractivity contribution in [2.24, 2.45) is 0 Å². The molecule has 1 aliphatic carbocycles. The van der Waals surface area contributed by atoms with Crippen LogP contribution in [0.1, 0.15) is 36.8 Å². The summed E-state index contributed by atoms with van der Waals surface area (Å²) in [5.74, 6) is 0.458. The predicted octanol–water partition coefficient (Wildman–Crippen LogP) is 3.65. The lowest BCUT2D eigenvalue weighted by Gasteiger charge is -2.11. The summed E-state index contributed by atoms with van der Waals surface area (Å²) in [6, 6.07) is 8.87. The second-order valence-electron chi connectivity index (χ2n) is 6.87. The largest absolute Gasteiger partial charge is 0.353 e. The van der Waals surface area contributed by atoms with Crippen LogP contribution in [0.4, 0.5) is 0 Å². The molecule has 1 aromatic carbocycles. The summed E-state index contributed by atoms with van der Waals surface area (Å²) in [6.07, 6.45) is 4.65. The van der Waals surface area contributed by atoms with Gasteiger partial charge >= 0.3 is 0 Å². The van der Waals surface area contributed by atoms with Gasteiger partial charge in [-0.25, -0.2) is 0 Å². The van der Waals surface area contributed by atoms with Crippen LogP contribution in [0, 0.1) is 13.8 Å². The van der Waals surface area contributed by atoms with E-state index in [-0.39, 0.29) is 5.91 Å². The highest BCUT2D eigenvalue weighted by atomic mass is 32.2. The molecule has 25 heavy (non-hydrogen) atoms. The standard InChI is InChI=1S/C19H22N4OS/c1-12-7-8-16-14(9-12)10-13(2)18-21-22-19(23(16)18)25-11-17(24)20-15-5-3-4-6-15/h7-10,15H,3-6,11H2,1-2H3,(H,20,24). The molecular weight excluding hydrogens is 332 g/mol. The quantitative estimate of drug-likeness (QED) is 0.727. The maximum Gasteiger partial charge on any atom is 0.230 e. The van der Waals surface area contributed by atoms with E-state index in [1.165, 1.54) is 35.6 Å². The summed E-state index contributed by atoms with van der Waals surface area (Å²) in [7, 11) is 0. The summed E-state index contributed by atoms with van der Waals surface area (Å²) >= 11 is 1.45. The van der Waals surface area contributed by atoms with E-state index >= 15 is 0 Å². The number of thioether (sulfide) groups is 1. The van der Waals surface area contributed by atoms with Crippen molar-refractivity contribution in [2.45, 2.75) is 50.7 Å². The molecule has 0 radical (unpaired) electrons. The van der Waals surface area contributed by atoms with Crippen molar-refractivity contribution >= 4 is 34.2 Å². The van der Waals surface area contributed by atoms with Gasteiger partial charge in [0.15, 0.2) is 10.8 Å². The third-order valence-electron chi connectivity index (χ3n) is 4.83. The minimum Gasteiger partial charge on any atom is -0.353 e. The first-order valence-electron chi connectivity index (χ1n) is 8.79. The first kappa shape index (κ1) is 16.4. The predicted molar refractivity (Wildman–Crippen MR) is 101 cm³/mol. The molecule has 0 aliphatic heterocycles. The van der Waals surface area contributed by atoms with Gasteiger partial charge in [0.1, 0.15) is 0 Å². The van der Waals surface area contributed by atoms with Crippen molar-refractivity contribution in [1.82, 2.24) is 19.9 Å². The number of amides is 1. The van der Waals surface area contributed by atoms with Gasteiger partial charge in [-0.05, 0) is 55.8 Å². The monoisotopic (exact) mass is 354 g/mol. The summed E-state index contributed by atoms with van der Waals surface area (Å²) in [5, 5.41) is 13.7. The molecule has 0 saturated heterocycles. The fraction of sp³-hybridized carbons (Fsp3) is 0.421. The molecular formula is C19H22N4OS. The molecule has 2 aromatic heterocycles. The Kier molecular flexibility index (Phi) is 4.37. The van der Waals surface area contributed by atoms with Gasteiger partial charge in [0.05, 0.1) is 11.3 Å². The number of hydrogen-bond donors (Lipinski definition) is 1. The molecule has 1 fully saturated rings. The van der Waals surface area contributed by atoms with Crippen LogP contribution in [0.5, 0.6) is 0 Å². The lowest BCUT2D eigenvalue weighted by atomic mass is 10.1. The molecule has 1 aliphatic rings. The zero-order valence-corrected chi connectivity index (χ0v) is 15.4. The van der Waals surface area contributed by atoms with Crippen LogP contribution in [0.25, 0.3) is 16.6 Å². The first-order valence-corrected chi connectivity index (χ1v) is 9.77. The maximum atomic E-state index is 12.2. The van der Waals surface area contributed by atoms with Crippen molar-refractivity contribution in [3.05, 3.63) is 35.4 Å². The normalized spacial score (nSPS) is 15.3. The molecule has 1 amide bonds. The highest BCUT2D eigenvalue weighted by Gasteiger charge is 2.18. The maximum absolute atomic E-state index is 12.2. The van der Waals surface area contributed by atoms with Crippen LogP contribution in [-0.4, -0.2) is 32.3 Å². The molecule has 0 bridgehead atoms. The number of carbonyl (C=O) groups excluding carboxylic acids is 1. The van der Waals surface area contributed by atoms with Crippen LogP contribution in [0.2, 0.25) is 0 Å². The van der Waals surface area contributed by atoms with Crippen molar-refractivity contribution in [2.75, 3.05) is 5.75 Å². The Morgan fingerprint density at radius 2 is 2.04 bits per heavy atom. The van der Waals surface area contributed by atoms with E-state index in [4.69, 9.17) is 0 Å². The number of rotatable bonds is 4. The SMILES string of the molecule is Cc1ccc2c(c1)cc(C)c1nnc(SCC(=O)NC3CCCC3)n12. The van der Waals surface area contributed by atoms with E-state index in [1.54, 1.807) is 0 Å². The molecule has 0 spiro atoms. The van der Waals surface area contributed by atoms with Crippen LogP contribution >= 0.6 is 11.8 Å². The average Bonchev–Trinajstić information content (AvgIpc) is 3.22. The number of nitrogens with zero attached hydrogens (tertiary/aromatic N) is 3. The smallest absolute Gasteiger partial charge is 0.230 e. The lowest BCUT2D eigenvalue weighted by Crippen LogP contribution is -2.33. The van der Waals surface area contributed by atoms with E-state index in [9.17, 15) is 4.79 Å². The molecule has 0 atom stereocenters. The number of fused-ring (bicyclic) bond motifs is 3. The Hall–Kier alpha value is -2.08. The zero-order valence-electron chi connectivity index (χ0n) is 14.6. The highest BCUT2D eigenvalue weighted by Crippen LogP contribution is 2.26. The van der Waals surface area contributed by atoms with Gasteiger partial charge < -0.3 is 5.32 Å². The van der Waals surface area contributed by atoms with E-state index in [2.05, 4.69) is 51.1 Å². The number of aryl methyl sites for hydroxylation is 2. The van der Waals surface area contributed by atoms with Crippen molar-refractivity contribution < 1.29 is 4.79 Å². The Bertz CT molecular complexity index is 943. The molecule has 1 saturated carbocycles. The van der Waals surface area contributed by atoms with Gasteiger partial charge in [-0.3, -0.25) is 9.20 Å². The molecule has 5 nitrogen and oxygen atoms in total. The third kappa shape index (κ3) is 3.23. The average molecular weight is 354 g/mol. The van der Waals surface area contributed by atoms with Crippen LogP contribution < -0.4 is 5.32 Å². The Morgan fingerprint density at radius 1 is 1.24 bits per heavy atom. The zero-order chi connectivity index (χ0) is 17.4. The van der Waals surface area contributed by atoms with Crippen molar-refractivity contribution in [1.29, 1.82) is 0 Å². The number of pyridine rings is 1. The van der Waals surface area contributed by atoms with Gasteiger partial charge in [-0.15, -0.1) is 10.2 Å². The molecule has 2 heterocycles. The molecule has 0 unspecified atom stereocenters. The number of benzene rings is 1. The van der Waals surface area contributed by atoms with E-state index in [0.717, 1.165) is 34.7 Å². The fourth-order valence-corrected chi connectivity index (χ4v) is 4.35. The number of aromatic nitrogens is 3. The first-order chi connectivity index (χ1) is 12.1. The molecule has 4 rings (SSSR count). The van der Waals surface area contributed by atoms with Crippen molar-refractivity contribution in [3.63, 3.8) is 0 Å². The number of carbonyl (C=O) groups is 1. The Labute approximate surface area is 151 Å². The second kappa shape index (κ2) is 6.67. The third-order valence-corrected chi connectivity index (χ3v) is 5.76. The van der Waals surface area contributed by atoms with E-state index < -0.39 is 0 Å². The van der Waals surface area contributed by atoms with E-state index in [0.29, 0.717) is 11.8 Å². The number of nitrogens with one attached hydrogen (secondary N) is 1. The number of hydrogen-bond acceptors (Lipinski definition) is 4. The molecule has 130 valence electrons. The van der Waals surface area contributed by atoms with Crippen LogP contribution in [0.3, 0.4) is 0 Å². The van der Waals surface area contributed by atoms with Gasteiger partial charge in [-0.1, -0.05) is 36.2 Å². The summed E-state index contributed by atoms with van der Waals surface area (Å²) in [6.45, 7) is 4.14. The molecule has 1 N–H and O–H groups in total. The Balaban J connectivity index is 1.61. The van der Waals surface area contributed by atoms with E-state index in [1.807, 2.05) is 6.92 Å². The van der Waals surface area contributed by atoms with Crippen LogP contribution in [0.15, 0.2) is 29.4 Å².